The number of nitrogens with zero attached hydrogens (tertiary/aromatic N) is 4. The summed E-state index contributed by atoms with van der Waals surface area (Å²) in [7, 11) is 0. The van der Waals surface area contributed by atoms with E-state index in [9.17, 15) is 4.79 Å². The van der Waals surface area contributed by atoms with E-state index < -0.39 is 0 Å². The highest BCUT2D eigenvalue weighted by Crippen LogP contribution is 2.27. The van der Waals surface area contributed by atoms with E-state index in [1.807, 2.05) is 30.3 Å². The number of piperidine rings is 2. The smallest absolute Gasteiger partial charge is 0.266 e. The Hall–Kier alpha value is -2.41. The monoisotopic (exact) mass is 395 g/mol. The van der Waals surface area contributed by atoms with Gasteiger partial charge in [-0.05, 0) is 62.4 Å². The van der Waals surface area contributed by atoms with E-state index in [1.54, 1.807) is 0 Å². The highest BCUT2D eigenvalue weighted by molar-refractivity contribution is 5.79. The van der Waals surface area contributed by atoms with Crippen molar-refractivity contribution in [1.29, 1.82) is 0 Å². The number of hydrogen-bond donors (Lipinski definition) is 1. The molecule has 1 aromatic carbocycles. The summed E-state index contributed by atoms with van der Waals surface area (Å²) >= 11 is 0. The summed E-state index contributed by atoms with van der Waals surface area (Å²) in [6.45, 7) is 3.86. The summed E-state index contributed by atoms with van der Waals surface area (Å²) in [6.07, 6.45) is 6.61. The average molecular weight is 396 g/mol. The van der Waals surface area contributed by atoms with Gasteiger partial charge in [0.25, 0.3) is 11.8 Å². The predicted molar refractivity (Wildman–Crippen MR) is 110 cm³/mol. The van der Waals surface area contributed by atoms with Gasteiger partial charge in [0.15, 0.2) is 0 Å². The molecule has 29 heavy (non-hydrogen) atoms. The van der Waals surface area contributed by atoms with E-state index in [0.717, 1.165) is 70.3 Å². The molecule has 7 heteroatoms. The number of aromatic nitrogens is 2. The highest BCUT2D eigenvalue weighted by atomic mass is 16.5. The molecule has 1 aliphatic carbocycles. The predicted octanol–water partition coefficient (Wildman–Crippen LogP) is 2.70. The standard InChI is InChI=1S/C22H29N5O2/c28-20(23-18-8-9-18)17-7-4-12-27(15-17)19-10-13-26(14-11-19)22-24-21(29-25-22)16-5-2-1-3-6-16/h1-3,5-6,17-19H,4,7-15H2,(H,23,28)/t17-/m0/s1. The topological polar surface area (TPSA) is 74.5 Å². The Morgan fingerprint density at radius 2 is 1.83 bits per heavy atom. The van der Waals surface area contributed by atoms with Crippen molar-refractivity contribution in [2.75, 3.05) is 31.1 Å². The van der Waals surface area contributed by atoms with Crippen LogP contribution in [0.25, 0.3) is 11.5 Å². The van der Waals surface area contributed by atoms with E-state index in [4.69, 9.17) is 4.52 Å². The molecule has 0 bridgehead atoms. The molecule has 1 atom stereocenters. The molecule has 1 N–H and O–H groups in total. The number of hydrogen-bond acceptors (Lipinski definition) is 6. The maximum atomic E-state index is 12.5. The summed E-state index contributed by atoms with van der Waals surface area (Å²) in [5.41, 5.74) is 0.949. The van der Waals surface area contributed by atoms with Crippen LogP contribution in [-0.4, -0.2) is 59.2 Å². The molecule has 5 rings (SSSR count). The lowest BCUT2D eigenvalue weighted by Gasteiger charge is -2.41. The average Bonchev–Trinajstić information content (AvgIpc) is 3.46. The summed E-state index contributed by atoms with van der Waals surface area (Å²) in [5, 5.41) is 7.39. The third-order valence-electron chi connectivity index (χ3n) is 6.45. The Bertz CT molecular complexity index is 827. The van der Waals surface area contributed by atoms with Gasteiger partial charge in [0.2, 0.25) is 5.91 Å². The number of carbonyl (C=O) groups is 1. The van der Waals surface area contributed by atoms with Crippen LogP contribution in [0.3, 0.4) is 0 Å². The quantitative estimate of drug-likeness (QED) is 0.839. The van der Waals surface area contributed by atoms with Crippen LogP contribution in [0.15, 0.2) is 34.9 Å². The first-order valence-electron chi connectivity index (χ1n) is 10.9. The van der Waals surface area contributed by atoms with E-state index in [1.165, 1.54) is 0 Å². The van der Waals surface area contributed by atoms with Gasteiger partial charge >= 0.3 is 0 Å². The summed E-state index contributed by atoms with van der Waals surface area (Å²) < 4.78 is 5.47. The molecule has 2 aromatic rings. The molecule has 1 aromatic heterocycles. The first-order chi connectivity index (χ1) is 14.3. The van der Waals surface area contributed by atoms with Gasteiger partial charge in [-0.25, -0.2) is 0 Å². The lowest BCUT2D eigenvalue weighted by atomic mass is 9.93. The lowest BCUT2D eigenvalue weighted by molar-refractivity contribution is -0.127. The third kappa shape index (κ3) is 4.29. The molecule has 0 radical (unpaired) electrons. The van der Waals surface area contributed by atoms with Crippen molar-refractivity contribution < 1.29 is 9.32 Å². The second kappa shape index (κ2) is 8.14. The van der Waals surface area contributed by atoms with Gasteiger partial charge in [-0.3, -0.25) is 9.69 Å². The van der Waals surface area contributed by atoms with E-state index in [-0.39, 0.29) is 11.8 Å². The van der Waals surface area contributed by atoms with Crippen LogP contribution in [-0.2, 0) is 4.79 Å². The zero-order chi connectivity index (χ0) is 19.6. The minimum absolute atomic E-state index is 0.160. The van der Waals surface area contributed by atoms with Gasteiger partial charge < -0.3 is 14.7 Å². The van der Waals surface area contributed by atoms with Crippen molar-refractivity contribution in [3.63, 3.8) is 0 Å². The van der Waals surface area contributed by atoms with Crippen molar-refractivity contribution in [3.05, 3.63) is 30.3 Å². The normalized spacial score (nSPS) is 23.9. The van der Waals surface area contributed by atoms with Crippen LogP contribution in [0.1, 0.15) is 38.5 Å². The molecule has 1 amide bonds. The molecule has 2 saturated heterocycles. The largest absolute Gasteiger partial charge is 0.353 e. The second-order valence-corrected chi connectivity index (χ2v) is 8.60. The fourth-order valence-electron chi connectivity index (χ4n) is 4.57. The van der Waals surface area contributed by atoms with Gasteiger partial charge in [-0.2, -0.15) is 4.98 Å². The van der Waals surface area contributed by atoms with Crippen molar-refractivity contribution >= 4 is 11.9 Å². The minimum atomic E-state index is 0.160. The number of amides is 1. The van der Waals surface area contributed by atoms with Crippen molar-refractivity contribution in [2.24, 2.45) is 5.92 Å². The van der Waals surface area contributed by atoms with Gasteiger partial charge in [-0.15, -0.1) is 0 Å². The first-order valence-corrected chi connectivity index (χ1v) is 10.9. The van der Waals surface area contributed by atoms with E-state index in [0.29, 0.717) is 23.9 Å². The zero-order valence-corrected chi connectivity index (χ0v) is 16.8. The summed E-state index contributed by atoms with van der Waals surface area (Å²) in [4.78, 5) is 21.8. The number of carbonyl (C=O) groups excluding carboxylic acids is 1. The molecule has 7 nitrogen and oxygen atoms in total. The van der Waals surface area contributed by atoms with Crippen molar-refractivity contribution in [3.8, 4) is 11.5 Å². The number of likely N-dealkylation sites (tertiary alicyclic amines) is 1. The third-order valence-corrected chi connectivity index (χ3v) is 6.45. The van der Waals surface area contributed by atoms with E-state index >= 15 is 0 Å². The van der Waals surface area contributed by atoms with Crippen LogP contribution < -0.4 is 10.2 Å². The Kier molecular flexibility index (Phi) is 5.23. The molecule has 3 fully saturated rings. The fourth-order valence-corrected chi connectivity index (χ4v) is 4.57. The SMILES string of the molecule is O=C(NC1CC1)[C@H]1CCCN(C2CCN(c3noc(-c4ccccc4)n3)CC2)C1. The zero-order valence-electron chi connectivity index (χ0n) is 16.8. The Labute approximate surface area is 171 Å². The summed E-state index contributed by atoms with van der Waals surface area (Å²) in [5.74, 6) is 1.69. The number of anilines is 1. The first kappa shape index (κ1) is 18.6. The Morgan fingerprint density at radius 1 is 1.03 bits per heavy atom. The summed E-state index contributed by atoms with van der Waals surface area (Å²) in [6, 6.07) is 10.9. The molecular weight excluding hydrogens is 366 g/mol. The Balaban J connectivity index is 1.15. The molecule has 2 aliphatic heterocycles. The molecule has 0 spiro atoms. The highest BCUT2D eigenvalue weighted by Gasteiger charge is 2.34. The molecule has 3 heterocycles. The van der Waals surface area contributed by atoms with Crippen LogP contribution in [0.4, 0.5) is 5.95 Å². The molecule has 3 aliphatic rings. The second-order valence-electron chi connectivity index (χ2n) is 8.60. The van der Waals surface area contributed by atoms with Crippen molar-refractivity contribution in [2.45, 2.75) is 50.6 Å². The maximum Gasteiger partial charge on any atom is 0.266 e. The van der Waals surface area contributed by atoms with Crippen LogP contribution in [0.5, 0.6) is 0 Å². The van der Waals surface area contributed by atoms with Gasteiger partial charge in [0.05, 0.1) is 5.92 Å². The molecular formula is C22H29N5O2. The minimum Gasteiger partial charge on any atom is -0.353 e. The number of nitrogens with one attached hydrogen (secondary N) is 1. The van der Waals surface area contributed by atoms with Crippen molar-refractivity contribution in [1.82, 2.24) is 20.4 Å². The van der Waals surface area contributed by atoms with Gasteiger partial charge in [-0.1, -0.05) is 18.2 Å². The number of benzene rings is 1. The van der Waals surface area contributed by atoms with E-state index in [2.05, 4.69) is 25.3 Å². The number of rotatable bonds is 5. The molecule has 1 saturated carbocycles. The van der Waals surface area contributed by atoms with Crippen LogP contribution in [0.2, 0.25) is 0 Å². The van der Waals surface area contributed by atoms with Crippen LogP contribution >= 0.6 is 0 Å². The van der Waals surface area contributed by atoms with Crippen LogP contribution in [0, 0.1) is 5.92 Å². The Morgan fingerprint density at radius 3 is 2.59 bits per heavy atom. The van der Waals surface area contributed by atoms with Gasteiger partial charge in [0, 0.05) is 37.3 Å². The molecule has 0 unspecified atom stereocenters. The van der Waals surface area contributed by atoms with Gasteiger partial charge in [0.1, 0.15) is 0 Å². The lowest BCUT2D eigenvalue weighted by Crippen LogP contribution is -2.51. The maximum absolute atomic E-state index is 12.5. The fraction of sp³-hybridized carbons (Fsp3) is 0.591. The molecule has 154 valence electrons.